The average Bonchev–Trinajstić information content (AvgIpc) is 2.43. The highest BCUT2D eigenvalue weighted by atomic mass is 16.5. The number of nitrogens with one attached hydrogen (secondary N) is 1. The van der Waals surface area contributed by atoms with Crippen LogP contribution in [-0.2, 0) is 20.9 Å². The van der Waals surface area contributed by atoms with Crippen LogP contribution in [0.1, 0.15) is 33.3 Å². The molecule has 5 heteroatoms. The van der Waals surface area contributed by atoms with Gasteiger partial charge in [-0.15, -0.1) is 0 Å². The van der Waals surface area contributed by atoms with E-state index in [1.54, 1.807) is 6.92 Å². The van der Waals surface area contributed by atoms with Crippen molar-refractivity contribution in [3.8, 4) is 0 Å². The molecule has 0 fully saturated rings. The molecule has 0 saturated carbocycles. The zero-order valence-electron chi connectivity index (χ0n) is 14.3. The molecule has 0 aliphatic carbocycles. The lowest BCUT2D eigenvalue weighted by Crippen LogP contribution is -2.37. The minimum atomic E-state index is -0.840. The molecule has 5 nitrogen and oxygen atoms in total. The highest BCUT2D eigenvalue weighted by Crippen LogP contribution is 2.21. The number of carbonyl (C=O) groups excluding carboxylic acids is 2. The molecule has 1 aromatic carbocycles. The number of nitrogens with zero attached hydrogens (tertiary/aromatic N) is 1. The van der Waals surface area contributed by atoms with E-state index in [2.05, 4.69) is 5.32 Å². The molecule has 1 amide bonds. The Morgan fingerprint density at radius 2 is 1.73 bits per heavy atom. The van der Waals surface area contributed by atoms with Gasteiger partial charge in [-0.3, -0.25) is 4.79 Å². The normalized spacial score (nSPS) is 12.5. The van der Waals surface area contributed by atoms with Gasteiger partial charge in [0.2, 0.25) is 0 Å². The van der Waals surface area contributed by atoms with E-state index >= 15 is 0 Å². The zero-order valence-corrected chi connectivity index (χ0v) is 14.3. The number of esters is 1. The molecule has 0 aromatic heterocycles. The molecular weight excluding hydrogens is 280 g/mol. The van der Waals surface area contributed by atoms with Crippen LogP contribution in [0.15, 0.2) is 24.3 Å². The van der Waals surface area contributed by atoms with E-state index in [4.69, 9.17) is 4.74 Å². The number of anilines is 1. The predicted molar refractivity (Wildman–Crippen MR) is 87.6 cm³/mol. The van der Waals surface area contributed by atoms with Crippen molar-refractivity contribution in [1.29, 1.82) is 0 Å². The van der Waals surface area contributed by atoms with Gasteiger partial charge in [0.1, 0.15) is 6.10 Å². The number of ether oxygens (including phenoxy) is 1. The zero-order chi connectivity index (χ0) is 16.9. The Morgan fingerprint density at radius 3 is 2.18 bits per heavy atom. The van der Waals surface area contributed by atoms with E-state index in [0.717, 1.165) is 11.3 Å². The van der Waals surface area contributed by atoms with Crippen molar-refractivity contribution in [1.82, 2.24) is 5.32 Å². The summed E-state index contributed by atoms with van der Waals surface area (Å²) in [5.74, 6) is -1.56. The number of benzene rings is 1. The van der Waals surface area contributed by atoms with Crippen LogP contribution in [0.25, 0.3) is 0 Å². The van der Waals surface area contributed by atoms with Gasteiger partial charge in [0.05, 0.1) is 0 Å². The van der Waals surface area contributed by atoms with Crippen LogP contribution < -0.4 is 10.2 Å². The van der Waals surface area contributed by atoms with Crippen LogP contribution in [0.4, 0.5) is 5.69 Å². The van der Waals surface area contributed by atoms with Crippen LogP contribution in [0.2, 0.25) is 0 Å². The highest BCUT2D eigenvalue weighted by Gasteiger charge is 2.26. The van der Waals surface area contributed by atoms with Crippen LogP contribution >= 0.6 is 0 Å². The largest absolute Gasteiger partial charge is 0.455 e. The summed E-state index contributed by atoms with van der Waals surface area (Å²) in [5.41, 5.74) is 1.81. The third-order valence-corrected chi connectivity index (χ3v) is 3.59. The molecule has 0 aliphatic rings. The standard InChI is InChI=1S/C17H26N2O3/c1-12(17(2,3)4)22-16(21)15(20)18-11-13-7-9-14(10-8-13)19(5)6/h7-10,12H,11H2,1-6H3,(H,18,20)/t12-/m1/s1. The molecule has 122 valence electrons. The maximum absolute atomic E-state index is 11.8. The Morgan fingerprint density at radius 1 is 1.18 bits per heavy atom. The monoisotopic (exact) mass is 306 g/mol. The lowest BCUT2D eigenvalue weighted by molar-refractivity contribution is -0.162. The Hall–Kier alpha value is -2.04. The minimum absolute atomic E-state index is 0.196. The maximum atomic E-state index is 11.8. The minimum Gasteiger partial charge on any atom is -0.455 e. The van der Waals surface area contributed by atoms with E-state index < -0.39 is 11.9 Å². The van der Waals surface area contributed by atoms with Gasteiger partial charge < -0.3 is 15.0 Å². The Bertz CT molecular complexity index is 516. The summed E-state index contributed by atoms with van der Waals surface area (Å²) in [6.07, 6.45) is -0.329. The van der Waals surface area contributed by atoms with Crippen molar-refractivity contribution in [2.24, 2.45) is 5.41 Å². The number of carbonyl (C=O) groups is 2. The first-order valence-electron chi connectivity index (χ1n) is 7.36. The van der Waals surface area contributed by atoms with E-state index in [-0.39, 0.29) is 11.5 Å². The van der Waals surface area contributed by atoms with Crippen LogP contribution in [-0.4, -0.2) is 32.1 Å². The maximum Gasteiger partial charge on any atom is 0.397 e. The highest BCUT2D eigenvalue weighted by molar-refractivity contribution is 6.32. The number of hydrogen-bond acceptors (Lipinski definition) is 4. The topological polar surface area (TPSA) is 58.6 Å². The first-order valence-corrected chi connectivity index (χ1v) is 7.36. The van der Waals surface area contributed by atoms with Crippen molar-refractivity contribution in [2.75, 3.05) is 19.0 Å². The van der Waals surface area contributed by atoms with Crippen LogP contribution in [0.3, 0.4) is 0 Å². The summed E-state index contributed by atoms with van der Waals surface area (Å²) in [6.45, 7) is 7.94. The number of rotatable bonds is 4. The first kappa shape index (κ1) is 18.0. The smallest absolute Gasteiger partial charge is 0.397 e. The second-order valence-corrected chi connectivity index (χ2v) is 6.66. The average molecular weight is 306 g/mol. The van der Waals surface area contributed by atoms with Crippen LogP contribution in [0.5, 0.6) is 0 Å². The fraction of sp³-hybridized carbons (Fsp3) is 0.529. The number of hydrogen-bond donors (Lipinski definition) is 1. The van der Waals surface area contributed by atoms with Gasteiger partial charge in [-0.05, 0) is 30.0 Å². The van der Waals surface area contributed by atoms with E-state index in [0.29, 0.717) is 6.54 Å². The summed E-state index contributed by atoms with van der Waals surface area (Å²) in [5, 5.41) is 2.58. The molecule has 22 heavy (non-hydrogen) atoms. The molecule has 0 spiro atoms. The summed E-state index contributed by atoms with van der Waals surface area (Å²) in [6, 6.07) is 7.75. The van der Waals surface area contributed by atoms with Crippen LogP contribution in [0, 0.1) is 5.41 Å². The van der Waals surface area contributed by atoms with Gasteiger partial charge in [-0.1, -0.05) is 32.9 Å². The van der Waals surface area contributed by atoms with Gasteiger partial charge in [-0.2, -0.15) is 0 Å². The van der Waals surface area contributed by atoms with Crippen molar-refractivity contribution >= 4 is 17.6 Å². The Balaban J connectivity index is 2.50. The second-order valence-electron chi connectivity index (χ2n) is 6.66. The molecule has 1 atom stereocenters. The molecule has 1 N–H and O–H groups in total. The molecule has 0 unspecified atom stereocenters. The van der Waals surface area contributed by atoms with E-state index in [1.165, 1.54) is 0 Å². The SMILES string of the molecule is C[C@@H](OC(=O)C(=O)NCc1ccc(N(C)C)cc1)C(C)(C)C. The second kappa shape index (κ2) is 7.29. The summed E-state index contributed by atoms with van der Waals surface area (Å²) < 4.78 is 5.16. The van der Waals surface area contributed by atoms with Gasteiger partial charge in [-0.25, -0.2) is 4.79 Å². The van der Waals surface area contributed by atoms with Gasteiger partial charge >= 0.3 is 11.9 Å². The third-order valence-electron chi connectivity index (χ3n) is 3.59. The molecule has 0 saturated heterocycles. The molecule has 0 aliphatic heterocycles. The van der Waals surface area contributed by atoms with Crippen molar-refractivity contribution < 1.29 is 14.3 Å². The molecule has 1 aromatic rings. The molecular formula is C17H26N2O3. The van der Waals surface area contributed by atoms with E-state index in [1.807, 2.05) is 64.0 Å². The predicted octanol–water partition coefficient (Wildman–Crippen LogP) is 2.35. The summed E-state index contributed by atoms with van der Waals surface area (Å²) in [4.78, 5) is 25.5. The quantitative estimate of drug-likeness (QED) is 0.685. The van der Waals surface area contributed by atoms with Gasteiger partial charge in [0.25, 0.3) is 0 Å². The first-order chi connectivity index (χ1) is 10.1. The van der Waals surface area contributed by atoms with Gasteiger partial charge in [0.15, 0.2) is 0 Å². The summed E-state index contributed by atoms with van der Waals surface area (Å²) in [7, 11) is 3.92. The lowest BCUT2D eigenvalue weighted by Gasteiger charge is -2.26. The lowest BCUT2D eigenvalue weighted by atomic mass is 9.90. The molecule has 0 heterocycles. The molecule has 0 bridgehead atoms. The summed E-state index contributed by atoms with van der Waals surface area (Å²) >= 11 is 0. The van der Waals surface area contributed by atoms with Gasteiger partial charge in [0, 0.05) is 26.3 Å². The molecule has 1 rings (SSSR count). The molecule has 0 radical (unpaired) electrons. The number of amides is 1. The fourth-order valence-electron chi connectivity index (χ4n) is 1.56. The van der Waals surface area contributed by atoms with Crippen molar-refractivity contribution in [3.05, 3.63) is 29.8 Å². The van der Waals surface area contributed by atoms with Crippen molar-refractivity contribution in [2.45, 2.75) is 40.3 Å². The Kier molecular flexibility index (Phi) is 5.97. The van der Waals surface area contributed by atoms with Crippen molar-refractivity contribution in [3.63, 3.8) is 0 Å². The van der Waals surface area contributed by atoms with E-state index in [9.17, 15) is 9.59 Å². The third kappa shape index (κ3) is 5.39. The fourth-order valence-corrected chi connectivity index (χ4v) is 1.56. The Labute approximate surface area is 132 Å².